The Kier molecular flexibility index (Phi) is 5.73. The summed E-state index contributed by atoms with van der Waals surface area (Å²) in [6.07, 6.45) is 8.35. The second-order valence-corrected chi connectivity index (χ2v) is 9.50. The zero-order valence-corrected chi connectivity index (χ0v) is 16.8. The van der Waals surface area contributed by atoms with E-state index in [-0.39, 0.29) is 11.9 Å². The molecule has 1 amide bonds. The minimum absolute atomic E-state index is 0.119. The predicted octanol–water partition coefficient (Wildman–Crippen LogP) is 1.29. The number of carbonyl (C=O) groups is 1. The number of amides is 1. The fourth-order valence-electron chi connectivity index (χ4n) is 6.11. The molecule has 2 aliphatic carbocycles. The summed E-state index contributed by atoms with van der Waals surface area (Å²) in [6, 6.07) is 2.56. The van der Waals surface area contributed by atoms with Crippen LogP contribution in [-0.4, -0.2) is 85.6 Å². The zero-order chi connectivity index (χ0) is 18.9. The molecule has 4 rings (SSSR count). The first-order valence-corrected chi connectivity index (χ1v) is 10.9. The first kappa shape index (κ1) is 19.2. The highest BCUT2D eigenvalue weighted by atomic mass is 16.2. The number of likely N-dealkylation sites (tertiary alicyclic amines) is 1. The largest absolute Gasteiger partial charge is 0.326 e. The van der Waals surface area contributed by atoms with Crippen molar-refractivity contribution in [1.29, 1.82) is 5.26 Å². The summed E-state index contributed by atoms with van der Waals surface area (Å²) in [5, 5.41) is 12.8. The second kappa shape index (κ2) is 8.06. The number of nitrogens with one attached hydrogen (secondary N) is 1. The van der Waals surface area contributed by atoms with Crippen LogP contribution >= 0.6 is 0 Å². The number of likely N-dealkylation sites (N-methyl/N-ethyl adjacent to an activating group) is 1. The van der Waals surface area contributed by atoms with Crippen LogP contribution in [-0.2, 0) is 4.79 Å². The summed E-state index contributed by atoms with van der Waals surface area (Å²) in [5.41, 5.74) is 0.461. The van der Waals surface area contributed by atoms with Crippen molar-refractivity contribution in [3.05, 3.63) is 0 Å². The van der Waals surface area contributed by atoms with Crippen molar-refractivity contribution < 1.29 is 4.79 Å². The van der Waals surface area contributed by atoms with Gasteiger partial charge in [-0.15, -0.1) is 0 Å². The first-order valence-electron chi connectivity index (χ1n) is 10.9. The Bertz CT molecular complexity index is 582. The highest BCUT2D eigenvalue weighted by molar-refractivity contribution is 5.79. The van der Waals surface area contributed by atoms with Gasteiger partial charge < -0.3 is 20.0 Å². The maximum Gasteiger partial charge on any atom is 0.237 e. The molecule has 2 saturated heterocycles. The number of piperazine rings is 1. The van der Waals surface area contributed by atoms with Crippen LogP contribution in [0.25, 0.3) is 0 Å². The van der Waals surface area contributed by atoms with Crippen LogP contribution in [0.1, 0.15) is 44.9 Å². The standard InChI is InChI=1S/C21H35N5O/c1-24-8-10-25(11-9-24)16-21-6-2-4-17(12-21)19(13-21)23-15-20(27)26-7-3-5-18(26)14-22/h17-19,23H,2-13,15-16H2,1H3/t17?,18-,19?,21?/m0/s1. The van der Waals surface area contributed by atoms with E-state index in [9.17, 15) is 10.1 Å². The molecule has 4 fully saturated rings. The van der Waals surface area contributed by atoms with Gasteiger partial charge in [0.05, 0.1) is 12.6 Å². The van der Waals surface area contributed by atoms with E-state index >= 15 is 0 Å². The Morgan fingerprint density at radius 2 is 1.96 bits per heavy atom. The van der Waals surface area contributed by atoms with E-state index in [1.807, 2.05) is 0 Å². The van der Waals surface area contributed by atoms with Gasteiger partial charge in [-0.2, -0.15) is 5.26 Å². The van der Waals surface area contributed by atoms with E-state index in [1.54, 1.807) is 4.90 Å². The number of hydrogen-bond acceptors (Lipinski definition) is 5. The van der Waals surface area contributed by atoms with Crippen LogP contribution in [0.4, 0.5) is 0 Å². The molecule has 0 spiro atoms. The van der Waals surface area contributed by atoms with Crippen molar-refractivity contribution in [2.45, 2.75) is 57.0 Å². The molecular weight excluding hydrogens is 338 g/mol. The molecule has 6 nitrogen and oxygen atoms in total. The predicted molar refractivity (Wildman–Crippen MR) is 105 cm³/mol. The van der Waals surface area contributed by atoms with Crippen LogP contribution in [0.2, 0.25) is 0 Å². The van der Waals surface area contributed by atoms with Gasteiger partial charge in [-0.3, -0.25) is 4.79 Å². The molecule has 27 heavy (non-hydrogen) atoms. The monoisotopic (exact) mass is 373 g/mol. The normalized spacial score (nSPS) is 37.5. The Hall–Kier alpha value is -1.16. The SMILES string of the molecule is CN1CCN(CC23CCCC(C2)C(NCC(=O)N2CCC[C@H]2C#N)C3)CC1. The molecule has 3 unspecified atom stereocenters. The minimum Gasteiger partial charge on any atom is -0.326 e. The summed E-state index contributed by atoms with van der Waals surface area (Å²) < 4.78 is 0. The van der Waals surface area contributed by atoms with Crippen LogP contribution in [0.5, 0.6) is 0 Å². The molecule has 0 aromatic heterocycles. The summed E-state index contributed by atoms with van der Waals surface area (Å²) in [5.74, 6) is 0.845. The molecule has 0 aromatic rings. The molecule has 4 aliphatic rings. The molecule has 4 atom stereocenters. The molecule has 0 radical (unpaired) electrons. The van der Waals surface area contributed by atoms with E-state index in [0.29, 0.717) is 18.0 Å². The average Bonchev–Trinajstić information content (AvgIpc) is 3.24. The quantitative estimate of drug-likeness (QED) is 0.787. The number of nitriles is 1. The van der Waals surface area contributed by atoms with Crippen LogP contribution < -0.4 is 5.32 Å². The van der Waals surface area contributed by atoms with Crippen LogP contribution in [0.3, 0.4) is 0 Å². The summed E-state index contributed by atoms with van der Waals surface area (Å²) >= 11 is 0. The maximum atomic E-state index is 12.6. The maximum absolute atomic E-state index is 12.6. The lowest BCUT2D eigenvalue weighted by atomic mass is 9.75. The molecule has 2 saturated carbocycles. The van der Waals surface area contributed by atoms with E-state index in [2.05, 4.69) is 28.2 Å². The molecular formula is C21H35N5O. The molecule has 2 bridgehead atoms. The second-order valence-electron chi connectivity index (χ2n) is 9.50. The van der Waals surface area contributed by atoms with Gasteiger partial charge in [0.15, 0.2) is 0 Å². The number of carbonyl (C=O) groups excluding carboxylic acids is 1. The molecule has 2 aliphatic heterocycles. The van der Waals surface area contributed by atoms with Gasteiger partial charge in [-0.05, 0) is 56.9 Å². The third kappa shape index (κ3) is 4.16. The fourth-order valence-corrected chi connectivity index (χ4v) is 6.11. The number of hydrogen-bond donors (Lipinski definition) is 1. The lowest BCUT2D eigenvalue weighted by Gasteiger charge is -2.41. The molecule has 6 heteroatoms. The van der Waals surface area contributed by atoms with E-state index in [4.69, 9.17) is 0 Å². The molecule has 150 valence electrons. The molecule has 1 N–H and O–H groups in total. The Morgan fingerprint density at radius 1 is 1.15 bits per heavy atom. The highest BCUT2D eigenvalue weighted by Crippen LogP contribution is 2.51. The van der Waals surface area contributed by atoms with Gasteiger partial charge in [0.2, 0.25) is 5.91 Å². The lowest BCUT2D eigenvalue weighted by molar-refractivity contribution is -0.130. The smallest absolute Gasteiger partial charge is 0.237 e. The van der Waals surface area contributed by atoms with Crippen molar-refractivity contribution >= 4 is 5.91 Å². The van der Waals surface area contributed by atoms with Crippen molar-refractivity contribution in [3.8, 4) is 6.07 Å². The highest BCUT2D eigenvalue weighted by Gasteiger charge is 2.48. The lowest BCUT2D eigenvalue weighted by Crippen LogP contribution is -2.48. The summed E-state index contributed by atoms with van der Waals surface area (Å²) in [4.78, 5) is 19.5. The fraction of sp³-hybridized carbons (Fsp3) is 0.905. The van der Waals surface area contributed by atoms with Crippen molar-refractivity contribution in [2.24, 2.45) is 11.3 Å². The van der Waals surface area contributed by atoms with Gasteiger partial charge in [-0.1, -0.05) is 6.42 Å². The topological polar surface area (TPSA) is 62.6 Å². The Balaban J connectivity index is 1.31. The average molecular weight is 374 g/mol. The number of rotatable bonds is 5. The van der Waals surface area contributed by atoms with E-state index in [0.717, 1.165) is 25.3 Å². The molecule has 2 heterocycles. The van der Waals surface area contributed by atoms with Gasteiger partial charge >= 0.3 is 0 Å². The van der Waals surface area contributed by atoms with Crippen molar-refractivity contribution in [1.82, 2.24) is 20.0 Å². The van der Waals surface area contributed by atoms with Crippen LogP contribution in [0.15, 0.2) is 0 Å². The van der Waals surface area contributed by atoms with Crippen LogP contribution in [0, 0.1) is 22.7 Å². The minimum atomic E-state index is -0.203. The summed E-state index contributed by atoms with van der Waals surface area (Å²) in [7, 11) is 2.22. The van der Waals surface area contributed by atoms with Gasteiger partial charge in [0.25, 0.3) is 0 Å². The van der Waals surface area contributed by atoms with Gasteiger partial charge in [-0.25, -0.2) is 0 Å². The van der Waals surface area contributed by atoms with Crippen molar-refractivity contribution in [2.75, 3.05) is 52.9 Å². The summed E-state index contributed by atoms with van der Waals surface area (Å²) in [6.45, 7) is 7.17. The Morgan fingerprint density at radius 3 is 2.74 bits per heavy atom. The van der Waals surface area contributed by atoms with Crippen molar-refractivity contribution in [3.63, 3.8) is 0 Å². The van der Waals surface area contributed by atoms with E-state index < -0.39 is 0 Å². The third-order valence-electron chi connectivity index (χ3n) is 7.59. The molecule has 0 aromatic carbocycles. The van der Waals surface area contributed by atoms with Gasteiger partial charge in [0, 0.05) is 45.3 Å². The van der Waals surface area contributed by atoms with Gasteiger partial charge in [0.1, 0.15) is 6.04 Å². The number of fused-ring (bicyclic) bond motifs is 2. The third-order valence-corrected chi connectivity index (χ3v) is 7.59. The first-order chi connectivity index (χ1) is 13.1. The number of nitrogens with zero attached hydrogens (tertiary/aromatic N) is 4. The Labute approximate surface area is 163 Å². The zero-order valence-electron chi connectivity index (χ0n) is 16.8. The van der Waals surface area contributed by atoms with E-state index in [1.165, 1.54) is 64.8 Å².